The van der Waals surface area contributed by atoms with E-state index in [4.69, 9.17) is 5.10 Å². The molecular formula is C20H28N2O. The first-order valence-corrected chi connectivity index (χ1v) is 9.06. The van der Waals surface area contributed by atoms with Gasteiger partial charge in [0, 0.05) is 25.2 Å². The summed E-state index contributed by atoms with van der Waals surface area (Å²) in [6, 6.07) is 6.06. The van der Waals surface area contributed by atoms with Crippen molar-refractivity contribution in [3.63, 3.8) is 0 Å². The molecule has 1 aromatic carbocycles. The van der Waals surface area contributed by atoms with Crippen LogP contribution in [-0.4, -0.2) is 29.9 Å². The van der Waals surface area contributed by atoms with Crippen molar-refractivity contribution in [1.29, 1.82) is 0 Å². The van der Waals surface area contributed by atoms with E-state index in [2.05, 4.69) is 13.0 Å². The Morgan fingerprint density at radius 1 is 1.17 bits per heavy atom. The van der Waals surface area contributed by atoms with E-state index in [-0.39, 0.29) is 0 Å². The van der Waals surface area contributed by atoms with Crippen LogP contribution in [0.1, 0.15) is 56.1 Å². The van der Waals surface area contributed by atoms with Gasteiger partial charge in [-0.25, -0.2) is 0 Å². The number of benzene rings is 1. The monoisotopic (exact) mass is 312 g/mol. The van der Waals surface area contributed by atoms with E-state index in [0.717, 1.165) is 18.3 Å². The fourth-order valence-electron chi connectivity index (χ4n) is 5.76. The minimum atomic E-state index is 0.305. The molecule has 2 saturated carbocycles. The lowest BCUT2D eigenvalue weighted by atomic mass is 9.55. The Morgan fingerprint density at radius 2 is 2.00 bits per heavy atom. The first-order valence-electron chi connectivity index (χ1n) is 9.06. The van der Waals surface area contributed by atoms with Crippen LogP contribution in [0.25, 0.3) is 0 Å². The molecule has 3 aliphatic carbocycles. The zero-order valence-corrected chi connectivity index (χ0v) is 14.5. The van der Waals surface area contributed by atoms with Crippen molar-refractivity contribution in [1.82, 2.24) is 5.01 Å². The van der Waals surface area contributed by atoms with Crippen LogP contribution in [0, 0.1) is 17.3 Å². The summed E-state index contributed by atoms with van der Waals surface area (Å²) in [6.45, 7) is 2.47. The Morgan fingerprint density at radius 3 is 2.78 bits per heavy atom. The minimum absolute atomic E-state index is 0.305. The largest absolute Gasteiger partial charge is 0.508 e. The molecule has 0 saturated heterocycles. The van der Waals surface area contributed by atoms with Gasteiger partial charge in [-0.05, 0) is 79.5 Å². The summed E-state index contributed by atoms with van der Waals surface area (Å²) in [5, 5.41) is 16.6. The highest BCUT2D eigenvalue weighted by atomic mass is 16.3. The third-order valence-corrected chi connectivity index (χ3v) is 6.77. The SMILES string of the molecule is CN(C)/N=C1\CC[C@H]2[C@@H]3CCc4cc(O)ccc4[C@H]3CC[C@]12C. The van der Waals surface area contributed by atoms with Gasteiger partial charge in [0.05, 0.1) is 0 Å². The van der Waals surface area contributed by atoms with Gasteiger partial charge in [0.25, 0.3) is 0 Å². The lowest BCUT2D eigenvalue weighted by Crippen LogP contribution is -2.42. The van der Waals surface area contributed by atoms with Crippen LogP contribution in [0.2, 0.25) is 0 Å². The van der Waals surface area contributed by atoms with Crippen molar-refractivity contribution >= 4 is 5.71 Å². The second-order valence-corrected chi connectivity index (χ2v) is 8.19. The molecule has 0 bridgehead atoms. The van der Waals surface area contributed by atoms with Gasteiger partial charge in [0.1, 0.15) is 5.75 Å². The van der Waals surface area contributed by atoms with Gasteiger partial charge >= 0.3 is 0 Å². The number of phenolic OH excluding ortho intramolecular Hbond substituents is 1. The van der Waals surface area contributed by atoms with Crippen molar-refractivity contribution in [3.05, 3.63) is 29.3 Å². The van der Waals surface area contributed by atoms with E-state index in [0.29, 0.717) is 17.1 Å². The lowest BCUT2D eigenvalue weighted by Gasteiger charge is -2.49. The molecule has 23 heavy (non-hydrogen) atoms. The smallest absolute Gasteiger partial charge is 0.115 e. The summed E-state index contributed by atoms with van der Waals surface area (Å²) < 4.78 is 0. The molecule has 1 aromatic rings. The van der Waals surface area contributed by atoms with Crippen LogP contribution in [0.15, 0.2) is 23.3 Å². The van der Waals surface area contributed by atoms with Gasteiger partial charge in [0.15, 0.2) is 0 Å². The predicted octanol–water partition coefficient (Wildman–Crippen LogP) is 4.17. The molecule has 3 heteroatoms. The van der Waals surface area contributed by atoms with E-state index < -0.39 is 0 Å². The first-order chi connectivity index (χ1) is 11.0. The van der Waals surface area contributed by atoms with E-state index in [1.165, 1.54) is 48.9 Å². The highest BCUT2D eigenvalue weighted by Gasteiger charge is 2.53. The lowest BCUT2D eigenvalue weighted by molar-refractivity contribution is 0.0948. The Labute approximate surface area is 139 Å². The number of fused-ring (bicyclic) bond motifs is 5. The standard InChI is InChI=1S/C20H28N2O/c1-20-11-10-16-15-7-5-14(23)12-13(15)4-6-17(16)18(20)8-9-19(20)21-22(2)3/h5,7,12,16-18,23H,4,6,8-11H2,1-3H3/b21-19+/t16-,17-,18+,20+/m1/s1. The number of rotatable bonds is 1. The van der Waals surface area contributed by atoms with Gasteiger partial charge in [0.2, 0.25) is 0 Å². The predicted molar refractivity (Wildman–Crippen MR) is 93.8 cm³/mol. The molecule has 124 valence electrons. The first kappa shape index (κ1) is 15.0. The molecular weight excluding hydrogens is 284 g/mol. The highest BCUT2D eigenvalue weighted by Crippen LogP contribution is 2.59. The number of nitrogens with zero attached hydrogens (tertiary/aromatic N) is 2. The molecule has 0 amide bonds. The Balaban J connectivity index is 1.67. The molecule has 3 aliphatic rings. The van der Waals surface area contributed by atoms with E-state index >= 15 is 0 Å². The average Bonchev–Trinajstić information content (AvgIpc) is 2.83. The van der Waals surface area contributed by atoms with Crippen molar-refractivity contribution < 1.29 is 5.11 Å². The molecule has 0 heterocycles. The van der Waals surface area contributed by atoms with Crippen LogP contribution >= 0.6 is 0 Å². The Bertz CT molecular complexity index is 651. The molecule has 2 fully saturated rings. The number of hydrogen-bond donors (Lipinski definition) is 1. The van der Waals surface area contributed by atoms with Crippen molar-refractivity contribution in [2.45, 2.75) is 51.4 Å². The summed E-state index contributed by atoms with van der Waals surface area (Å²) in [5.74, 6) is 2.68. The van der Waals surface area contributed by atoms with E-state index in [9.17, 15) is 5.11 Å². The fraction of sp³-hybridized carbons (Fsp3) is 0.650. The number of aromatic hydroxyl groups is 1. The van der Waals surface area contributed by atoms with E-state index in [1.54, 1.807) is 0 Å². The summed E-state index contributed by atoms with van der Waals surface area (Å²) in [7, 11) is 4.08. The van der Waals surface area contributed by atoms with Gasteiger partial charge < -0.3 is 10.1 Å². The van der Waals surface area contributed by atoms with Crippen molar-refractivity contribution in [2.75, 3.05) is 14.1 Å². The van der Waals surface area contributed by atoms with Crippen LogP contribution in [0.5, 0.6) is 5.75 Å². The van der Waals surface area contributed by atoms with E-state index in [1.807, 2.05) is 31.2 Å². The van der Waals surface area contributed by atoms with Crippen LogP contribution in [-0.2, 0) is 6.42 Å². The van der Waals surface area contributed by atoms with Crippen molar-refractivity contribution in [2.24, 2.45) is 22.4 Å². The third kappa shape index (κ3) is 2.28. The minimum Gasteiger partial charge on any atom is -0.508 e. The Kier molecular flexibility index (Phi) is 3.44. The van der Waals surface area contributed by atoms with Gasteiger partial charge in [-0.15, -0.1) is 0 Å². The summed E-state index contributed by atoms with van der Waals surface area (Å²) in [5.41, 5.74) is 4.64. The summed E-state index contributed by atoms with van der Waals surface area (Å²) in [4.78, 5) is 0. The molecule has 1 N–H and O–H groups in total. The van der Waals surface area contributed by atoms with Gasteiger partial charge in [-0.3, -0.25) is 0 Å². The molecule has 4 rings (SSSR count). The van der Waals surface area contributed by atoms with Crippen LogP contribution in [0.4, 0.5) is 0 Å². The maximum atomic E-state index is 9.77. The summed E-state index contributed by atoms with van der Waals surface area (Å²) in [6.07, 6.45) is 7.39. The summed E-state index contributed by atoms with van der Waals surface area (Å²) >= 11 is 0. The second-order valence-electron chi connectivity index (χ2n) is 8.19. The number of aryl methyl sites for hydroxylation is 1. The molecule has 4 atom stereocenters. The molecule has 0 spiro atoms. The Hall–Kier alpha value is -1.51. The van der Waals surface area contributed by atoms with Gasteiger partial charge in [-0.2, -0.15) is 5.10 Å². The maximum absolute atomic E-state index is 9.77. The normalized spacial score (nSPS) is 37.2. The zero-order chi connectivity index (χ0) is 16.2. The number of phenols is 1. The molecule has 0 aliphatic heterocycles. The maximum Gasteiger partial charge on any atom is 0.115 e. The zero-order valence-electron chi connectivity index (χ0n) is 14.5. The highest BCUT2D eigenvalue weighted by molar-refractivity contribution is 5.92. The second kappa shape index (κ2) is 5.25. The quantitative estimate of drug-likeness (QED) is 0.790. The topological polar surface area (TPSA) is 35.8 Å². The van der Waals surface area contributed by atoms with Crippen LogP contribution in [0.3, 0.4) is 0 Å². The average molecular weight is 312 g/mol. The third-order valence-electron chi connectivity index (χ3n) is 6.77. The fourth-order valence-corrected chi connectivity index (χ4v) is 5.76. The van der Waals surface area contributed by atoms with Crippen LogP contribution < -0.4 is 0 Å². The van der Waals surface area contributed by atoms with Crippen molar-refractivity contribution in [3.8, 4) is 5.75 Å². The van der Waals surface area contributed by atoms with Gasteiger partial charge in [-0.1, -0.05) is 13.0 Å². The molecule has 0 unspecified atom stereocenters. The number of hydrazone groups is 1. The molecule has 0 aromatic heterocycles. The molecule has 3 nitrogen and oxygen atoms in total. The molecule has 0 radical (unpaired) electrons. The number of hydrogen-bond acceptors (Lipinski definition) is 3.